The average Bonchev–Trinajstić information content (AvgIpc) is 3.27. The van der Waals surface area contributed by atoms with Gasteiger partial charge >= 0.3 is 0 Å². The van der Waals surface area contributed by atoms with Gasteiger partial charge in [-0.1, -0.05) is 19.1 Å². The molecule has 0 radical (unpaired) electrons. The third-order valence-electron chi connectivity index (χ3n) is 6.50. The van der Waals surface area contributed by atoms with Crippen molar-refractivity contribution < 1.29 is 9.47 Å². The summed E-state index contributed by atoms with van der Waals surface area (Å²) in [5, 5.41) is 15.1. The lowest BCUT2D eigenvalue weighted by atomic mass is 10.0. The maximum absolute atomic E-state index is 12.8. The second-order valence-corrected chi connectivity index (χ2v) is 8.56. The maximum Gasteiger partial charge on any atom is 0.257 e. The number of hydrogen-bond donors (Lipinski definition) is 2. The summed E-state index contributed by atoms with van der Waals surface area (Å²) < 4.78 is 13.2. The van der Waals surface area contributed by atoms with Crippen molar-refractivity contribution in [1.82, 2.24) is 14.4 Å². The first kappa shape index (κ1) is 21.7. The van der Waals surface area contributed by atoms with Gasteiger partial charge in [0.1, 0.15) is 25.1 Å². The molecule has 0 saturated heterocycles. The molecule has 5 aromatic rings. The Morgan fingerprint density at radius 2 is 2.00 bits per heavy atom. The van der Waals surface area contributed by atoms with Gasteiger partial charge in [-0.3, -0.25) is 14.6 Å². The topological polar surface area (TPSA) is 117 Å². The number of rotatable bonds is 4. The minimum atomic E-state index is -0.269. The van der Waals surface area contributed by atoms with Crippen LogP contribution < -0.4 is 20.5 Å². The van der Waals surface area contributed by atoms with Crippen LogP contribution in [0.3, 0.4) is 0 Å². The first-order chi connectivity index (χ1) is 17.6. The number of nitrogens with zero attached hydrogens (tertiary/aromatic N) is 4. The zero-order valence-electron chi connectivity index (χ0n) is 19.8. The highest BCUT2D eigenvalue weighted by atomic mass is 16.6. The van der Waals surface area contributed by atoms with Crippen molar-refractivity contribution in [3.63, 3.8) is 0 Å². The normalized spacial score (nSPS) is 13.0. The summed E-state index contributed by atoms with van der Waals surface area (Å²) in [5.74, 6) is 1.98. The van der Waals surface area contributed by atoms with Gasteiger partial charge in [0.2, 0.25) is 0 Å². The van der Waals surface area contributed by atoms with Crippen LogP contribution in [0, 0.1) is 18.3 Å². The molecule has 0 atom stereocenters. The van der Waals surface area contributed by atoms with Crippen LogP contribution >= 0.6 is 0 Å². The van der Waals surface area contributed by atoms with Crippen LogP contribution in [-0.4, -0.2) is 33.8 Å². The van der Waals surface area contributed by atoms with E-state index in [-0.39, 0.29) is 5.56 Å². The molecule has 2 aromatic carbocycles. The van der Waals surface area contributed by atoms with Gasteiger partial charge in [0.05, 0.1) is 33.9 Å². The number of aromatic nitrogens is 3. The van der Waals surface area contributed by atoms with Gasteiger partial charge in [-0.05, 0) is 48.7 Å². The fraction of sp³-hybridized carbons (Fsp3) is 0.185. The molecule has 9 heteroatoms. The number of benzene rings is 2. The first-order valence-electron chi connectivity index (χ1n) is 11.7. The van der Waals surface area contributed by atoms with Gasteiger partial charge in [-0.15, -0.1) is 0 Å². The van der Waals surface area contributed by atoms with Crippen molar-refractivity contribution in [1.29, 1.82) is 5.26 Å². The van der Waals surface area contributed by atoms with Crippen LogP contribution in [0.1, 0.15) is 29.2 Å². The molecule has 178 valence electrons. The van der Waals surface area contributed by atoms with Gasteiger partial charge < -0.3 is 14.5 Å². The molecule has 0 amide bonds. The number of imidazole rings is 1. The van der Waals surface area contributed by atoms with E-state index in [0.717, 1.165) is 27.5 Å². The molecule has 2 N–H and O–H groups in total. The van der Waals surface area contributed by atoms with E-state index in [4.69, 9.17) is 14.5 Å². The van der Waals surface area contributed by atoms with Crippen molar-refractivity contribution in [3.8, 4) is 17.6 Å². The van der Waals surface area contributed by atoms with Crippen LogP contribution in [-0.2, 0) is 6.42 Å². The second kappa shape index (κ2) is 8.43. The molecule has 9 nitrogen and oxygen atoms in total. The van der Waals surface area contributed by atoms with Gasteiger partial charge in [0.15, 0.2) is 17.1 Å². The lowest BCUT2D eigenvalue weighted by molar-refractivity contribution is 0.172. The number of ether oxygens (including phenoxy) is 2. The largest absolute Gasteiger partial charge is 0.486 e. The van der Waals surface area contributed by atoms with E-state index in [0.29, 0.717) is 59.2 Å². The Bertz CT molecular complexity index is 1810. The molecule has 6 rings (SSSR count). The van der Waals surface area contributed by atoms with E-state index in [1.54, 1.807) is 12.1 Å². The number of aromatic amines is 1. The van der Waals surface area contributed by atoms with E-state index in [1.807, 2.05) is 48.6 Å². The zero-order valence-corrected chi connectivity index (χ0v) is 19.8. The van der Waals surface area contributed by atoms with Crippen LogP contribution in [0.2, 0.25) is 0 Å². The summed E-state index contributed by atoms with van der Waals surface area (Å²) in [4.78, 5) is 20.3. The highest BCUT2D eigenvalue weighted by molar-refractivity contribution is 5.90. The molecule has 0 aliphatic carbocycles. The fourth-order valence-electron chi connectivity index (χ4n) is 4.75. The molecule has 1 aliphatic heterocycles. The van der Waals surface area contributed by atoms with E-state index in [9.17, 15) is 10.1 Å². The molecule has 36 heavy (non-hydrogen) atoms. The Kier molecular flexibility index (Phi) is 5.08. The van der Waals surface area contributed by atoms with Crippen molar-refractivity contribution in [2.45, 2.75) is 20.3 Å². The number of pyridine rings is 2. The smallest absolute Gasteiger partial charge is 0.257 e. The average molecular weight is 479 g/mol. The van der Waals surface area contributed by atoms with E-state index >= 15 is 0 Å². The fourth-order valence-corrected chi connectivity index (χ4v) is 4.75. The Hall–Kier alpha value is -4.84. The number of para-hydroxylation sites is 2. The Labute approximate surface area is 205 Å². The van der Waals surface area contributed by atoms with Gasteiger partial charge in [-0.25, -0.2) is 4.98 Å². The minimum absolute atomic E-state index is 0.269. The predicted octanol–water partition coefficient (Wildman–Crippen LogP) is 4.29. The summed E-state index contributed by atoms with van der Waals surface area (Å²) in [5.41, 5.74) is 8.50. The third kappa shape index (κ3) is 3.34. The first-order valence-corrected chi connectivity index (χ1v) is 11.7. The van der Waals surface area contributed by atoms with E-state index < -0.39 is 0 Å². The number of hydrogen-bond acceptors (Lipinski definition) is 7. The molecule has 0 spiro atoms. The Morgan fingerprint density at radius 3 is 2.78 bits per heavy atom. The summed E-state index contributed by atoms with van der Waals surface area (Å²) in [6.07, 6.45) is 2.18. The highest BCUT2D eigenvalue weighted by Gasteiger charge is 2.20. The monoisotopic (exact) mass is 478 g/mol. The number of nitriles is 1. The van der Waals surface area contributed by atoms with Gasteiger partial charge in [-0.2, -0.15) is 10.4 Å². The van der Waals surface area contributed by atoms with Crippen LogP contribution in [0.25, 0.3) is 27.6 Å². The molecule has 0 bridgehead atoms. The van der Waals surface area contributed by atoms with Gasteiger partial charge in [0.25, 0.3) is 5.56 Å². The van der Waals surface area contributed by atoms with Crippen LogP contribution in [0.4, 0.5) is 5.82 Å². The Balaban J connectivity index is 1.45. The standard InChI is InChI=1S/C27H22N6O3/c1-3-18-15(2)19(13-28)25-30-20-6-4-5-7-22(20)33(25)26(18)32-29-14-17-10-16-11-23-24(36-9-8-35-23)12-21(16)31-27(17)34/h4-7,10-12,14,32H,3,8-9H2,1-2H3,(H,31,34). The third-order valence-corrected chi connectivity index (χ3v) is 6.50. The number of anilines is 1. The molecule has 0 fully saturated rings. The molecule has 0 saturated carbocycles. The van der Waals surface area contributed by atoms with Crippen LogP contribution in [0.15, 0.2) is 52.4 Å². The minimum Gasteiger partial charge on any atom is -0.486 e. The molecular weight excluding hydrogens is 456 g/mol. The predicted molar refractivity (Wildman–Crippen MR) is 138 cm³/mol. The summed E-state index contributed by atoms with van der Waals surface area (Å²) in [6, 6.07) is 15.4. The summed E-state index contributed by atoms with van der Waals surface area (Å²) >= 11 is 0. The van der Waals surface area contributed by atoms with Crippen molar-refractivity contribution in [2.75, 3.05) is 18.6 Å². The van der Waals surface area contributed by atoms with Crippen molar-refractivity contribution in [3.05, 3.63) is 75.1 Å². The second-order valence-electron chi connectivity index (χ2n) is 8.56. The lowest BCUT2D eigenvalue weighted by Crippen LogP contribution is -2.16. The molecule has 0 unspecified atom stereocenters. The molecule has 1 aliphatic rings. The van der Waals surface area contributed by atoms with Crippen molar-refractivity contribution in [2.24, 2.45) is 5.10 Å². The summed E-state index contributed by atoms with van der Waals surface area (Å²) in [6.45, 7) is 4.92. The molecule has 3 aromatic heterocycles. The SMILES string of the molecule is CCc1c(C)c(C#N)c2nc3ccccc3n2c1NN=Cc1cc2cc3c(cc2[nH]c1=O)OCCO3. The zero-order chi connectivity index (χ0) is 24.8. The number of nitrogens with one attached hydrogen (secondary N) is 2. The maximum atomic E-state index is 12.8. The van der Waals surface area contributed by atoms with E-state index in [2.05, 4.69) is 21.6 Å². The lowest BCUT2D eigenvalue weighted by Gasteiger charge is -2.18. The molecular formula is C27H22N6O3. The van der Waals surface area contributed by atoms with Crippen molar-refractivity contribution >= 4 is 39.6 Å². The number of H-pyrrole nitrogens is 1. The van der Waals surface area contributed by atoms with Crippen LogP contribution in [0.5, 0.6) is 11.5 Å². The summed E-state index contributed by atoms with van der Waals surface area (Å²) in [7, 11) is 0. The Morgan fingerprint density at radius 1 is 1.22 bits per heavy atom. The van der Waals surface area contributed by atoms with Gasteiger partial charge in [0, 0.05) is 11.5 Å². The molecule has 4 heterocycles. The quantitative estimate of drug-likeness (QED) is 0.294. The van der Waals surface area contributed by atoms with E-state index in [1.165, 1.54) is 6.21 Å². The number of fused-ring (bicyclic) bond motifs is 5. The highest BCUT2D eigenvalue weighted by Crippen LogP contribution is 2.34. The number of hydrazone groups is 1.